The molecule has 1 rings (SSSR count). The Labute approximate surface area is 99.8 Å². The lowest BCUT2D eigenvalue weighted by Crippen LogP contribution is -2.00. The fraction of sp³-hybridized carbons (Fsp3) is 0.273. The van der Waals surface area contributed by atoms with Crippen LogP contribution in [-0.2, 0) is 0 Å². The van der Waals surface area contributed by atoms with E-state index in [2.05, 4.69) is 9.98 Å². The third-order valence-electron chi connectivity index (χ3n) is 1.89. The summed E-state index contributed by atoms with van der Waals surface area (Å²) in [5.74, 6) is 0.652. The first-order chi connectivity index (χ1) is 7.72. The van der Waals surface area contributed by atoms with Gasteiger partial charge in [-0.2, -0.15) is 0 Å². The molecule has 0 bridgehead atoms. The molecule has 1 heterocycles. The van der Waals surface area contributed by atoms with Gasteiger partial charge in [0.25, 0.3) is 0 Å². The highest BCUT2D eigenvalue weighted by Gasteiger charge is 2.08. The van der Waals surface area contributed by atoms with Gasteiger partial charge in [0.1, 0.15) is 10.9 Å². The van der Waals surface area contributed by atoms with Gasteiger partial charge in [0.05, 0.1) is 6.61 Å². The van der Waals surface area contributed by atoms with Gasteiger partial charge in [-0.15, -0.1) is 0 Å². The summed E-state index contributed by atoms with van der Waals surface area (Å²) >= 11 is 5.80. The number of rotatable bonds is 4. The molecule has 0 spiro atoms. The molecule has 86 valence electrons. The molecular formula is C11H14ClN3O. The Morgan fingerprint density at radius 2 is 2.44 bits per heavy atom. The van der Waals surface area contributed by atoms with Gasteiger partial charge in [-0.1, -0.05) is 11.6 Å². The van der Waals surface area contributed by atoms with E-state index >= 15 is 0 Å². The van der Waals surface area contributed by atoms with Gasteiger partial charge in [0.2, 0.25) is 0 Å². The zero-order valence-electron chi connectivity index (χ0n) is 9.27. The minimum absolute atomic E-state index is 0.386. The van der Waals surface area contributed by atoms with Crippen molar-refractivity contribution in [1.82, 2.24) is 4.98 Å². The maximum Gasteiger partial charge on any atom is 0.132 e. The van der Waals surface area contributed by atoms with Crippen molar-refractivity contribution in [2.45, 2.75) is 6.92 Å². The molecule has 0 aliphatic carbocycles. The zero-order chi connectivity index (χ0) is 12.0. The van der Waals surface area contributed by atoms with Crippen molar-refractivity contribution in [2.75, 3.05) is 13.7 Å². The molecule has 0 fully saturated rings. The summed E-state index contributed by atoms with van der Waals surface area (Å²) in [7, 11) is 1.67. The van der Waals surface area contributed by atoms with Crippen LogP contribution in [0.15, 0.2) is 23.5 Å². The fourth-order valence-electron chi connectivity index (χ4n) is 1.25. The lowest BCUT2D eigenvalue weighted by molar-refractivity contribution is 0.339. The van der Waals surface area contributed by atoms with Gasteiger partial charge in [0.15, 0.2) is 0 Å². The third-order valence-corrected chi connectivity index (χ3v) is 2.10. The summed E-state index contributed by atoms with van der Waals surface area (Å²) in [4.78, 5) is 7.92. The first kappa shape index (κ1) is 12.5. The van der Waals surface area contributed by atoms with Crippen molar-refractivity contribution in [3.05, 3.63) is 29.2 Å². The van der Waals surface area contributed by atoms with E-state index < -0.39 is 0 Å². The van der Waals surface area contributed by atoms with Gasteiger partial charge in [0, 0.05) is 42.9 Å². The number of nitrogens with zero attached hydrogens (tertiary/aromatic N) is 2. The Kier molecular flexibility index (Phi) is 4.79. The molecular weight excluding hydrogens is 226 g/mol. The monoisotopic (exact) mass is 239 g/mol. The molecule has 0 aromatic carbocycles. The SMILES string of the molecule is CCOc1cc(Cl)ncc1/C(C=NC)=C/N. The molecule has 1 aromatic heterocycles. The predicted molar refractivity (Wildman–Crippen MR) is 67.0 cm³/mol. The second-order valence-electron chi connectivity index (χ2n) is 2.95. The van der Waals surface area contributed by atoms with Crippen molar-refractivity contribution in [1.29, 1.82) is 0 Å². The fourth-order valence-corrected chi connectivity index (χ4v) is 1.39. The number of aromatic nitrogens is 1. The summed E-state index contributed by atoms with van der Waals surface area (Å²) in [6.45, 7) is 2.45. The number of halogens is 1. The van der Waals surface area contributed by atoms with Crippen molar-refractivity contribution in [2.24, 2.45) is 10.7 Å². The first-order valence-corrected chi connectivity index (χ1v) is 5.23. The van der Waals surface area contributed by atoms with Crippen LogP contribution in [0.4, 0.5) is 0 Å². The quantitative estimate of drug-likeness (QED) is 0.647. The second kappa shape index (κ2) is 6.12. The molecule has 0 amide bonds. The number of nitrogens with two attached hydrogens (primary N) is 1. The second-order valence-corrected chi connectivity index (χ2v) is 3.33. The smallest absolute Gasteiger partial charge is 0.132 e. The largest absolute Gasteiger partial charge is 0.493 e. The molecule has 5 heteroatoms. The van der Waals surface area contributed by atoms with Gasteiger partial charge < -0.3 is 10.5 Å². The van der Waals surface area contributed by atoms with E-state index in [1.807, 2.05) is 6.92 Å². The van der Waals surface area contributed by atoms with Crippen LogP contribution in [0.5, 0.6) is 5.75 Å². The molecule has 0 aliphatic rings. The van der Waals surface area contributed by atoms with E-state index in [0.29, 0.717) is 17.5 Å². The minimum atomic E-state index is 0.386. The molecule has 0 saturated heterocycles. The molecule has 4 nitrogen and oxygen atoms in total. The number of pyridine rings is 1. The Morgan fingerprint density at radius 1 is 1.69 bits per heavy atom. The summed E-state index contributed by atoms with van der Waals surface area (Å²) < 4.78 is 5.46. The zero-order valence-corrected chi connectivity index (χ0v) is 10.0. The van der Waals surface area contributed by atoms with Crippen LogP contribution in [0, 0.1) is 0 Å². The summed E-state index contributed by atoms with van der Waals surface area (Å²) in [6.07, 6.45) is 4.72. The van der Waals surface area contributed by atoms with E-state index in [-0.39, 0.29) is 0 Å². The van der Waals surface area contributed by atoms with Crippen LogP contribution >= 0.6 is 11.6 Å². The number of allylic oxidation sites excluding steroid dienone is 1. The van der Waals surface area contributed by atoms with Gasteiger partial charge in [-0.05, 0) is 6.92 Å². The number of hydrogen-bond donors (Lipinski definition) is 1. The van der Waals surface area contributed by atoms with Crippen LogP contribution in [0.1, 0.15) is 12.5 Å². The van der Waals surface area contributed by atoms with E-state index in [1.165, 1.54) is 6.20 Å². The summed E-state index contributed by atoms with van der Waals surface area (Å²) in [6, 6.07) is 1.66. The topological polar surface area (TPSA) is 60.5 Å². The van der Waals surface area contributed by atoms with Crippen molar-refractivity contribution in [3.63, 3.8) is 0 Å². The Balaban J connectivity index is 3.20. The lowest BCUT2D eigenvalue weighted by atomic mass is 10.1. The highest BCUT2D eigenvalue weighted by molar-refractivity contribution is 6.29. The average molecular weight is 240 g/mol. The first-order valence-electron chi connectivity index (χ1n) is 4.85. The number of aliphatic imine (C=N–C) groups is 1. The minimum Gasteiger partial charge on any atom is -0.493 e. The number of hydrogen-bond acceptors (Lipinski definition) is 4. The average Bonchev–Trinajstić information content (AvgIpc) is 2.27. The van der Waals surface area contributed by atoms with Crippen molar-refractivity contribution in [3.8, 4) is 5.75 Å². The molecule has 2 N–H and O–H groups in total. The summed E-state index contributed by atoms with van der Waals surface area (Å²) in [5.41, 5.74) is 7.05. The van der Waals surface area contributed by atoms with E-state index in [9.17, 15) is 0 Å². The van der Waals surface area contributed by atoms with Crippen molar-refractivity contribution < 1.29 is 4.74 Å². The molecule has 16 heavy (non-hydrogen) atoms. The standard InChI is InChI=1S/C11H14ClN3O/c1-3-16-10-4-11(12)15-7-9(10)8(5-13)6-14-2/h4-7H,3,13H2,1-2H3/b8-5+,14-6?. The molecule has 0 atom stereocenters. The number of ether oxygens (including phenoxy) is 1. The van der Waals surface area contributed by atoms with Crippen molar-refractivity contribution >= 4 is 23.4 Å². The maximum atomic E-state index is 5.80. The van der Waals surface area contributed by atoms with E-state index in [0.717, 1.165) is 11.1 Å². The molecule has 0 aliphatic heterocycles. The van der Waals surface area contributed by atoms with E-state index in [4.69, 9.17) is 22.1 Å². The highest BCUT2D eigenvalue weighted by Crippen LogP contribution is 2.26. The molecule has 0 radical (unpaired) electrons. The molecule has 0 saturated carbocycles. The molecule has 0 unspecified atom stereocenters. The van der Waals surface area contributed by atoms with Crippen LogP contribution in [0.25, 0.3) is 5.57 Å². The van der Waals surface area contributed by atoms with Gasteiger partial charge in [-0.25, -0.2) is 4.98 Å². The van der Waals surface area contributed by atoms with Gasteiger partial charge >= 0.3 is 0 Å². The highest BCUT2D eigenvalue weighted by atomic mass is 35.5. The van der Waals surface area contributed by atoms with E-state index in [1.54, 1.807) is 25.5 Å². The Bertz CT molecular complexity index is 416. The Morgan fingerprint density at radius 3 is 3.00 bits per heavy atom. The Hall–Kier alpha value is -1.55. The maximum absolute atomic E-state index is 5.80. The van der Waals surface area contributed by atoms with Crippen LogP contribution < -0.4 is 10.5 Å². The normalized spacial score (nSPS) is 12.1. The van der Waals surface area contributed by atoms with Crippen LogP contribution in [0.2, 0.25) is 5.15 Å². The lowest BCUT2D eigenvalue weighted by Gasteiger charge is -2.09. The van der Waals surface area contributed by atoms with Gasteiger partial charge in [-0.3, -0.25) is 4.99 Å². The predicted octanol–water partition coefficient (Wildman–Crippen LogP) is 2.13. The third kappa shape index (κ3) is 2.97. The molecule has 1 aromatic rings. The van der Waals surface area contributed by atoms with Crippen LogP contribution in [0.3, 0.4) is 0 Å². The van der Waals surface area contributed by atoms with Crippen LogP contribution in [-0.4, -0.2) is 24.9 Å². The summed E-state index contributed by atoms with van der Waals surface area (Å²) in [5, 5.41) is 0.386.